The summed E-state index contributed by atoms with van der Waals surface area (Å²) in [5.41, 5.74) is 0. The molecule has 0 radical (unpaired) electrons. The molecule has 2 heterocycles. The summed E-state index contributed by atoms with van der Waals surface area (Å²) in [6.07, 6.45) is 0. The molecular formula is C12H15N3O5. The largest absolute Gasteiger partial charge is 0.433 e. The first-order valence-corrected chi connectivity index (χ1v) is 6.22. The van der Waals surface area contributed by atoms with Crippen molar-refractivity contribution in [2.45, 2.75) is 19.9 Å². The maximum Gasteiger partial charge on any atom is 0.433 e. The van der Waals surface area contributed by atoms with E-state index in [1.165, 1.54) is 11.0 Å². The van der Waals surface area contributed by atoms with Gasteiger partial charge >= 0.3 is 5.88 Å². The number of carbonyl (C=O) groups excluding carboxylic acids is 2. The molecule has 8 nitrogen and oxygen atoms in total. The van der Waals surface area contributed by atoms with E-state index in [0.29, 0.717) is 13.1 Å². The third kappa shape index (κ3) is 2.79. The van der Waals surface area contributed by atoms with E-state index in [2.05, 4.69) is 5.32 Å². The van der Waals surface area contributed by atoms with Gasteiger partial charge in [-0.05, 0) is 19.9 Å². The molecular weight excluding hydrogens is 266 g/mol. The second-order valence-corrected chi connectivity index (χ2v) is 4.97. The zero-order chi connectivity index (χ0) is 14.9. The lowest BCUT2D eigenvalue weighted by Gasteiger charge is -2.37. The van der Waals surface area contributed by atoms with E-state index in [4.69, 9.17) is 4.42 Å². The van der Waals surface area contributed by atoms with Crippen molar-refractivity contribution in [1.82, 2.24) is 10.2 Å². The second kappa shape index (κ2) is 5.32. The molecule has 1 aromatic heterocycles. The van der Waals surface area contributed by atoms with Crippen molar-refractivity contribution in [2.24, 2.45) is 5.92 Å². The Kier molecular flexibility index (Phi) is 3.73. The van der Waals surface area contributed by atoms with Crippen LogP contribution in [0, 0.1) is 16.0 Å². The maximum atomic E-state index is 11.9. The molecule has 0 aliphatic carbocycles. The van der Waals surface area contributed by atoms with Crippen LogP contribution in [0.15, 0.2) is 16.5 Å². The Morgan fingerprint density at radius 1 is 1.45 bits per heavy atom. The minimum atomic E-state index is -0.703. The number of hydrogen-bond acceptors (Lipinski definition) is 5. The van der Waals surface area contributed by atoms with Crippen LogP contribution in [0.3, 0.4) is 0 Å². The van der Waals surface area contributed by atoms with E-state index in [-0.39, 0.29) is 23.6 Å². The second-order valence-electron chi connectivity index (χ2n) is 4.97. The Hall–Kier alpha value is -2.38. The third-order valence-corrected chi connectivity index (χ3v) is 2.95. The van der Waals surface area contributed by atoms with Crippen LogP contribution in [0.2, 0.25) is 0 Å². The van der Waals surface area contributed by atoms with Gasteiger partial charge in [0.1, 0.15) is 4.92 Å². The first-order valence-electron chi connectivity index (χ1n) is 6.22. The van der Waals surface area contributed by atoms with Crippen LogP contribution >= 0.6 is 0 Å². The van der Waals surface area contributed by atoms with E-state index >= 15 is 0 Å². The molecule has 1 saturated heterocycles. The van der Waals surface area contributed by atoms with Gasteiger partial charge in [-0.2, -0.15) is 0 Å². The number of hydrogen-bond donors (Lipinski definition) is 1. The van der Waals surface area contributed by atoms with Crippen molar-refractivity contribution in [3.05, 3.63) is 28.0 Å². The summed E-state index contributed by atoms with van der Waals surface area (Å²) in [6.45, 7) is 4.32. The standard InChI is InChI=1S/C12H15N3O5/c1-7(2)13-11(16)8-5-14(6-8)12(17)9-3-4-10(20-9)15(18)19/h3-4,7-8H,5-6H2,1-2H3,(H,13,16). The highest BCUT2D eigenvalue weighted by Gasteiger charge is 2.37. The van der Waals surface area contributed by atoms with Crippen LogP contribution in [-0.2, 0) is 4.79 Å². The quantitative estimate of drug-likeness (QED) is 0.648. The molecule has 8 heteroatoms. The molecule has 1 aliphatic rings. The highest BCUT2D eigenvalue weighted by Crippen LogP contribution is 2.22. The summed E-state index contributed by atoms with van der Waals surface area (Å²) in [6, 6.07) is 2.46. The van der Waals surface area contributed by atoms with Crippen LogP contribution in [0.4, 0.5) is 5.88 Å². The molecule has 0 saturated carbocycles. The highest BCUT2D eigenvalue weighted by molar-refractivity contribution is 5.94. The van der Waals surface area contributed by atoms with Crippen molar-refractivity contribution < 1.29 is 18.9 Å². The van der Waals surface area contributed by atoms with Gasteiger partial charge in [0.05, 0.1) is 12.0 Å². The van der Waals surface area contributed by atoms with Crippen LogP contribution in [0.25, 0.3) is 0 Å². The van der Waals surface area contributed by atoms with Gasteiger partial charge in [0.15, 0.2) is 5.76 Å². The number of nitrogens with one attached hydrogen (secondary N) is 1. The van der Waals surface area contributed by atoms with E-state index in [9.17, 15) is 19.7 Å². The number of nitro groups is 1. The number of furan rings is 1. The van der Waals surface area contributed by atoms with E-state index in [1.54, 1.807) is 0 Å². The zero-order valence-corrected chi connectivity index (χ0v) is 11.2. The molecule has 2 rings (SSSR count). The fourth-order valence-corrected chi connectivity index (χ4v) is 1.91. The average Bonchev–Trinajstić information content (AvgIpc) is 2.74. The average molecular weight is 281 g/mol. The number of nitrogens with zero attached hydrogens (tertiary/aromatic N) is 2. The lowest BCUT2D eigenvalue weighted by molar-refractivity contribution is -0.402. The van der Waals surface area contributed by atoms with Gasteiger partial charge in [-0.3, -0.25) is 19.7 Å². The Morgan fingerprint density at radius 3 is 2.60 bits per heavy atom. The Labute approximate surface area is 114 Å². The van der Waals surface area contributed by atoms with E-state index in [0.717, 1.165) is 6.07 Å². The number of rotatable bonds is 4. The van der Waals surface area contributed by atoms with Gasteiger partial charge in [-0.1, -0.05) is 0 Å². The fraction of sp³-hybridized carbons (Fsp3) is 0.500. The summed E-state index contributed by atoms with van der Waals surface area (Å²) >= 11 is 0. The first kappa shape index (κ1) is 14.0. The predicted octanol–water partition coefficient (Wildman–Crippen LogP) is 0.784. The van der Waals surface area contributed by atoms with Crippen LogP contribution < -0.4 is 5.32 Å². The third-order valence-electron chi connectivity index (χ3n) is 2.95. The number of carbonyl (C=O) groups is 2. The Balaban J connectivity index is 1.90. The van der Waals surface area contributed by atoms with Crippen molar-refractivity contribution in [1.29, 1.82) is 0 Å². The molecule has 20 heavy (non-hydrogen) atoms. The molecule has 1 aliphatic heterocycles. The van der Waals surface area contributed by atoms with Crippen LogP contribution in [0.5, 0.6) is 0 Å². The summed E-state index contributed by atoms with van der Waals surface area (Å²) in [5.74, 6) is -1.31. The van der Waals surface area contributed by atoms with E-state index < -0.39 is 16.7 Å². The molecule has 0 atom stereocenters. The van der Waals surface area contributed by atoms with Crippen LogP contribution in [0.1, 0.15) is 24.4 Å². The first-order chi connectivity index (χ1) is 9.38. The molecule has 108 valence electrons. The van der Waals surface area contributed by atoms with Gasteiger partial charge in [0, 0.05) is 19.1 Å². The number of amides is 2. The smallest absolute Gasteiger partial charge is 0.395 e. The summed E-state index contributed by atoms with van der Waals surface area (Å²) in [5, 5.41) is 13.2. The normalized spacial score (nSPS) is 15.1. The Bertz CT molecular complexity index is 545. The fourth-order valence-electron chi connectivity index (χ4n) is 1.91. The molecule has 1 N–H and O–H groups in total. The topological polar surface area (TPSA) is 106 Å². The minimum absolute atomic E-state index is 0.0555. The van der Waals surface area contributed by atoms with Crippen molar-refractivity contribution in [3.8, 4) is 0 Å². The Morgan fingerprint density at radius 2 is 2.10 bits per heavy atom. The lowest BCUT2D eigenvalue weighted by atomic mass is 9.98. The molecule has 0 aromatic carbocycles. The summed E-state index contributed by atoms with van der Waals surface area (Å²) < 4.78 is 4.83. The van der Waals surface area contributed by atoms with Crippen molar-refractivity contribution in [2.75, 3.05) is 13.1 Å². The van der Waals surface area contributed by atoms with Crippen LogP contribution in [-0.4, -0.2) is 40.8 Å². The maximum absolute atomic E-state index is 11.9. The van der Waals surface area contributed by atoms with Gasteiger partial charge in [-0.25, -0.2) is 0 Å². The molecule has 0 unspecified atom stereocenters. The SMILES string of the molecule is CC(C)NC(=O)C1CN(C(=O)c2ccc([N+](=O)[O-])o2)C1. The highest BCUT2D eigenvalue weighted by atomic mass is 16.6. The molecule has 1 fully saturated rings. The predicted molar refractivity (Wildman–Crippen MR) is 68.0 cm³/mol. The molecule has 0 bridgehead atoms. The summed E-state index contributed by atoms with van der Waals surface area (Å²) in [7, 11) is 0. The molecule has 1 aromatic rings. The monoisotopic (exact) mass is 281 g/mol. The van der Waals surface area contributed by atoms with Crippen molar-refractivity contribution in [3.63, 3.8) is 0 Å². The number of likely N-dealkylation sites (tertiary alicyclic amines) is 1. The van der Waals surface area contributed by atoms with E-state index in [1.807, 2.05) is 13.8 Å². The van der Waals surface area contributed by atoms with Gasteiger partial charge < -0.3 is 14.6 Å². The van der Waals surface area contributed by atoms with Gasteiger partial charge in [0.25, 0.3) is 5.91 Å². The molecule has 0 spiro atoms. The lowest BCUT2D eigenvalue weighted by Crippen LogP contribution is -2.56. The minimum Gasteiger partial charge on any atom is -0.395 e. The van der Waals surface area contributed by atoms with Gasteiger partial charge in [0.2, 0.25) is 5.91 Å². The molecule has 2 amide bonds. The summed E-state index contributed by atoms with van der Waals surface area (Å²) in [4.78, 5) is 34.8. The van der Waals surface area contributed by atoms with Crippen molar-refractivity contribution >= 4 is 17.7 Å². The van der Waals surface area contributed by atoms with Gasteiger partial charge in [-0.15, -0.1) is 0 Å². The zero-order valence-electron chi connectivity index (χ0n) is 11.2.